The molecule has 0 aliphatic heterocycles. The summed E-state index contributed by atoms with van der Waals surface area (Å²) in [5.74, 6) is 2.26. The predicted octanol–water partition coefficient (Wildman–Crippen LogP) is 4.46. The fourth-order valence-corrected chi connectivity index (χ4v) is 8.10. The van der Waals surface area contributed by atoms with Gasteiger partial charge in [-0.2, -0.15) is 0 Å². The quantitative estimate of drug-likeness (QED) is 0.631. The number of benzene rings is 2. The van der Waals surface area contributed by atoms with Gasteiger partial charge in [0.05, 0.1) is 17.1 Å². The number of nitrogens with zero attached hydrogens (tertiary/aromatic N) is 1. The van der Waals surface area contributed by atoms with Crippen molar-refractivity contribution in [2.24, 2.45) is 17.8 Å². The Kier molecular flexibility index (Phi) is 5.85. The molecule has 2 amide bonds. The van der Waals surface area contributed by atoms with Crippen LogP contribution in [0.25, 0.3) is 0 Å². The molecule has 0 spiro atoms. The Morgan fingerprint density at radius 1 is 0.939 bits per heavy atom. The molecular formula is C26H33N3O3S. The van der Waals surface area contributed by atoms with Crippen LogP contribution < -0.4 is 14.9 Å². The number of para-hydroxylation sites is 1. The number of anilines is 1. The Morgan fingerprint density at radius 3 is 2.09 bits per heavy atom. The third-order valence-corrected chi connectivity index (χ3v) is 9.51. The molecule has 4 saturated carbocycles. The summed E-state index contributed by atoms with van der Waals surface area (Å²) in [7, 11) is -3.75. The monoisotopic (exact) mass is 467 g/mol. The van der Waals surface area contributed by atoms with Crippen LogP contribution in [0.4, 0.5) is 10.5 Å². The van der Waals surface area contributed by atoms with E-state index in [2.05, 4.69) is 10.6 Å². The van der Waals surface area contributed by atoms with Crippen LogP contribution >= 0.6 is 0 Å². The van der Waals surface area contributed by atoms with Crippen molar-refractivity contribution >= 4 is 21.7 Å². The number of hydrogen-bond acceptors (Lipinski definition) is 3. The summed E-state index contributed by atoms with van der Waals surface area (Å²) in [6.07, 6.45) is 7.24. The van der Waals surface area contributed by atoms with E-state index in [9.17, 15) is 13.2 Å². The molecule has 0 atom stereocenters. The average Bonchev–Trinajstić information content (AvgIpc) is 2.76. The summed E-state index contributed by atoms with van der Waals surface area (Å²) in [4.78, 5) is 13.1. The molecule has 2 aromatic rings. The van der Waals surface area contributed by atoms with Crippen molar-refractivity contribution < 1.29 is 13.2 Å². The summed E-state index contributed by atoms with van der Waals surface area (Å²) in [6.45, 7) is 2.32. The minimum atomic E-state index is -3.75. The molecule has 4 aliphatic rings. The number of rotatable bonds is 7. The lowest BCUT2D eigenvalue weighted by Gasteiger charge is -2.56. The molecule has 2 aromatic carbocycles. The number of nitrogens with one attached hydrogen (secondary N) is 2. The van der Waals surface area contributed by atoms with E-state index in [1.54, 1.807) is 36.4 Å². The second kappa shape index (κ2) is 8.67. The molecule has 33 heavy (non-hydrogen) atoms. The van der Waals surface area contributed by atoms with E-state index in [1.807, 2.05) is 25.1 Å². The first-order valence-electron chi connectivity index (χ1n) is 12.0. The number of urea groups is 1. The molecule has 2 N–H and O–H groups in total. The van der Waals surface area contributed by atoms with Crippen molar-refractivity contribution in [1.29, 1.82) is 0 Å². The SMILES string of the molecule is Cc1ccc(S(=O)(=O)N(CCNC(=O)NC23CC4CC(CC(C4)C2)C3)c2ccccc2)cc1. The van der Waals surface area contributed by atoms with E-state index in [0.29, 0.717) is 5.69 Å². The molecular weight excluding hydrogens is 434 g/mol. The van der Waals surface area contributed by atoms with Gasteiger partial charge in [-0.3, -0.25) is 4.31 Å². The van der Waals surface area contributed by atoms with E-state index >= 15 is 0 Å². The minimum absolute atomic E-state index is 0.0636. The third-order valence-electron chi connectivity index (χ3n) is 7.67. The number of carbonyl (C=O) groups is 1. The number of amides is 2. The van der Waals surface area contributed by atoms with Crippen molar-refractivity contribution in [2.45, 2.75) is 55.9 Å². The smallest absolute Gasteiger partial charge is 0.315 e. The molecule has 0 saturated heterocycles. The van der Waals surface area contributed by atoms with Gasteiger partial charge in [0.25, 0.3) is 10.0 Å². The molecule has 0 heterocycles. The lowest BCUT2D eigenvalue weighted by Crippen LogP contribution is -2.61. The molecule has 6 nitrogen and oxygen atoms in total. The van der Waals surface area contributed by atoms with Crippen molar-refractivity contribution in [1.82, 2.24) is 10.6 Å². The number of aryl methyl sites for hydroxylation is 1. The van der Waals surface area contributed by atoms with Gasteiger partial charge in [0.15, 0.2) is 0 Å². The van der Waals surface area contributed by atoms with Crippen LogP contribution in [0.1, 0.15) is 44.1 Å². The summed E-state index contributed by atoms with van der Waals surface area (Å²) < 4.78 is 28.2. The lowest BCUT2D eigenvalue weighted by atomic mass is 9.53. The second-order valence-electron chi connectivity index (χ2n) is 10.3. The van der Waals surface area contributed by atoms with Gasteiger partial charge in [0.2, 0.25) is 0 Å². The Labute approximate surface area is 196 Å². The van der Waals surface area contributed by atoms with Crippen molar-refractivity contribution in [3.63, 3.8) is 0 Å². The van der Waals surface area contributed by atoms with Gasteiger partial charge in [-0.15, -0.1) is 0 Å². The van der Waals surface area contributed by atoms with Crippen LogP contribution in [-0.2, 0) is 10.0 Å². The standard InChI is InChI=1S/C26H33N3O3S/c1-19-7-9-24(10-8-19)33(31,32)29(23-5-3-2-4-6-23)12-11-27-25(30)28-26-16-20-13-21(17-26)15-22(14-20)18-26/h2-10,20-22H,11-18H2,1H3,(H2,27,28,30). The van der Waals surface area contributed by atoms with Crippen LogP contribution in [-0.4, -0.2) is 33.1 Å². The maximum Gasteiger partial charge on any atom is 0.315 e. The molecule has 7 heteroatoms. The molecule has 4 bridgehead atoms. The lowest BCUT2D eigenvalue weighted by molar-refractivity contribution is -0.0135. The summed E-state index contributed by atoms with van der Waals surface area (Å²) >= 11 is 0. The van der Waals surface area contributed by atoms with Crippen molar-refractivity contribution in [2.75, 3.05) is 17.4 Å². The van der Waals surface area contributed by atoms with Gasteiger partial charge in [0, 0.05) is 12.1 Å². The Hall–Kier alpha value is -2.54. The molecule has 0 radical (unpaired) electrons. The van der Waals surface area contributed by atoms with E-state index in [1.165, 1.54) is 23.6 Å². The molecule has 176 valence electrons. The Morgan fingerprint density at radius 2 is 1.52 bits per heavy atom. The second-order valence-corrected chi connectivity index (χ2v) is 12.2. The first-order chi connectivity index (χ1) is 15.8. The van der Waals surface area contributed by atoms with Gasteiger partial charge < -0.3 is 10.6 Å². The van der Waals surface area contributed by atoms with E-state index in [4.69, 9.17) is 0 Å². The zero-order valence-corrected chi connectivity index (χ0v) is 20.0. The minimum Gasteiger partial charge on any atom is -0.336 e. The number of hydrogen-bond donors (Lipinski definition) is 2. The van der Waals surface area contributed by atoms with Crippen molar-refractivity contribution in [3.05, 3.63) is 60.2 Å². The Bertz CT molecular complexity index is 1060. The third kappa shape index (κ3) is 4.60. The molecule has 4 fully saturated rings. The maximum atomic E-state index is 13.4. The van der Waals surface area contributed by atoms with Gasteiger partial charge in [0.1, 0.15) is 0 Å². The zero-order valence-electron chi connectivity index (χ0n) is 19.2. The van der Waals surface area contributed by atoms with Crippen LogP contribution in [0, 0.1) is 24.7 Å². The normalized spacial score (nSPS) is 27.8. The summed E-state index contributed by atoms with van der Waals surface area (Å²) in [5, 5.41) is 6.23. The Balaban J connectivity index is 1.25. The summed E-state index contributed by atoms with van der Waals surface area (Å²) in [6, 6.07) is 15.7. The molecule has 4 aliphatic carbocycles. The van der Waals surface area contributed by atoms with Crippen LogP contribution in [0.2, 0.25) is 0 Å². The number of carbonyl (C=O) groups excluding carboxylic acids is 1. The van der Waals surface area contributed by atoms with Gasteiger partial charge in [-0.1, -0.05) is 35.9 Å². The maximum absolute atomic E-state index is 13.4. The highest BCUT2D eigenvalue weighted by atomic mass is 32.2. The van der Waals surface area contributed by atoms with Gasteiger partial charge in [-0.05, 0) is 87.5 Å². The fourth-order valence-electron chi connectivity index (χ4n) is 6.64. The fraction of sp³-hybridized carbons (Fsp3) is 0.500. The largest absolute Gasteiger partial charge is 0.336 e. The first-order valence-corrected chi connectivity index (χ1v) is 13.5. The highest BCUT2D eigenvalue weighted by Gasteiger charge is 2.51. The van der Waals surface area contributed by atoms with Gasteiger partial charge in [-0.25, -0.2) is 13.2 Å². The molecule has 0 unspecified atom stereocenters. The zero-order chi connectivity index (χ0) is 23.1. The summed E-state index contributed by atoms with van der Waals surface area (Å²) in [5.41, 5.74) is 1.52. The van der Waals surface area contributed by atoms with Crippen LogP contribution in [0.5, 0.6) is 0 Å². The number of sulfonamides is 1. The highest BCUT2D eigenvalue weighted by molar-refractivity contribution is 7.92. The van der Waals surface area contributed by atoms with E-state index in [-0.39, 0.29) is 29.6 Å². The molecule has 6 rings (SSSR count). The van der Waals surface area contributed by atoms with E-state index in [0.717, 1.165) is 42.6 Å². The topological polar surface area (TPSA) is 78.5 Å². The van der Waals surface area contributed by atoms with Crippen LogP contribution in [0.15, 0.2) is 59.5 Å². The van der Waals surface area contributed by atoms with Gasteiger partial charge >= 0.3 is 6.03 Å². The van der Waals surface area contributed by atoms with E-state index < -0.39 is 10.0 Å². The molecule has 0 aromatic heterocycles. The van der Waals surface area contributed by atoms with Crippen LogP contribution in [0.3, 0.4) is 0 Å². The highest BCUT2D eigenvalue weighted by Crippen LogP contribution is 2.55. The average molecular weight is 468 g/mol. The predicted molar refractivity (Wildman–Crippen MR) is 130 cm³/mol. The first kappa shape index (κ1) is 22.3. The van der Waals surface area contributed by atoms with Crippen molar-refractivity contribution in [3.8, 4) is 0 Å².